The van der Waals surface area contributed by atoms with Gasteiger partial charge in [-0.1, -0.05) is 23.7 Å². The van der Waals surface area contributed by atoms with Crippen LogP contribution in [-0.2, 0) is 13.0 Å². The predicted molar refractivity (Wildman–Crippen MR) is 93.1 cm³/mol. The van der Waals surface area contributed by atoms with E-state index in [0.717, 1.165) is 29.3 Å². The maximum absolute atomic E-state index is 5.87. The smallest absolute Gasteiger partial charge is 0.247 e. The highest BCUT2D eigenvalue weighted by molar-refractivity contribution is 6.30. The molecule has 0 saturated heterocycles. The van der Waals surface area contributed by atoms with Gasteiger partial charge in [0.15, 0.2) is 0 Å². The fourth-order valence-corrected chi connectivity index (χ4v) is 2.38. The van der Waals surface area contributed by atoms with Gasteiger partial charge < -0.3 is 14.5 Å². The molecule has 0 unspecified atom stereocenters. The van der Waals surface area contributed by atoms with Crippen LogP contribution in [0.25, 0.3) is 11.5 Å². The van der Waals surface area contributed by atoms with E-state index in [9.17, 15) is 0 Å². The van der Waals surface area contributed by atoms with Crippen LogP contribution in [0.5, 0.6) is 5.75 Å². The second kappa shape index (κ2) is 7.95. The minimum atomic E-state index is 0.507. The molecule has 124 valence electrons. The number of ether oxygens (including phenoxy) is 1. The first-order valence-electron chi connectivity index (χ1n) is 7.66. The molecule has 0 aliphatic heterocycles. The van der Waals surface area contributed by atoms with Gasteiger partial charge in [-0.2, -0.15) is 0 Å². The van der Waals surface area contributed by atoms with Crippen molar-refractivity contribution in [3.8, 4) is 17.2 Å². The predicted octanol–water partition coefficient (Wildman–Crippen LogP) is 3.73. The Morgan fingerprint density at radius 1 is 1.04 bits per heavy atom. The molecular weight excluding hydrogens is 326 g/mol. The number of rotatable bonds is 7. The highest BCUT2D eigenvalue weighted by Gasteiger charge is 2.08. The summed E-state index contributed by atoms with van der Waals surface area (Å²) in [5.74, 6) is 1.87. The monoisotopic (exact) mass is 343 g/mol. The molecule has 2 aromatic carbocycles. The lowest BCUT2D eigenvalue weighted by molar-refractivity contribution is 0.415. The zero-order valence-corrected chi connectivity index (χ0v) is 14.1. The summed E-state index contributed by atoms with van der Waals surface area (Å²) in [5.41, 5.74) is 2.10. The second-order valence-corrected chi connectivity index (χ2v) is 5.72. The SMILES string of the molecule is COc1ccc(-c2nnc(CNCCc3ccc(Cl)cc3)o2)cc1. The molecule has 0 fully saturated rings. The van der Waals surface area contributed by atoms with Crippen LogP contribution < -0.4 is 10.1 Å². The Morgan fingerprint density at radius 2 is 1.79 bits per heavy atom. The van der Waals surface area contributed by atoms with Crippen LogP contribution >= 0.6 is 11.6 Å². The van der Waals surface area contributed by atoms with Gasteiger partial charge >= 0.3 is 0 Å². The van der Waals surface area contributed by atoms with E-state index in [-0.39, 0.29) is 0 Å². The third kappa shape index (κ3) is 4.34. The van der Waals surface area contributed by atoms with Crippen LogP contribution in [0, 0.1) is 0 Å². The van der Waals surface area contributed by atoms with E-state index < -0.39 is 0 Å². The lowest BCUT2D eigenvalue weighted by atomic mass is 10.1. The van der Waals surface area contributed by atoms with Crippen molar-refractivity contribution in [2.75, 3.05) is 13.7 Å². The first kappa shape index (κ1) is 16.5. The van der Waals surface area contributed by atoms with Gasteiger partial charge in [-0.15, -0.1) is 10.2 Å². The topological polar surface area (TPSA) is 60.2 Å². The summed E-state index contributed by atoms with van der Waals surface area (Å²) in [5, 5.41) is 12.2. The standard InChI is InChI=1S/C18H18ClN3O2/c1-23-16-8-4-14(5-9-16)18-22-21-17(24-18)12-20-11-10-13-2-6-15(19)7-3-13/h2-9,20H,10-12H2,1H3. The molecule has 0 aliphatic carbocycles. The molecule has 0 amide bonds. The largest absolute Gasteiger partial charge is 0.497 e. The van der Waals surface area contributed by atoms with Crippen LogP contribution in [0.15, 0.2) is 52.9 Å². The van der Waals surface area contributed by atoms with E-state index in [1.807, 2.05) is 48.5 Å². The van der Waals surface area contributed by atoms with E-state index in [1.165, 1.54) is 5.56 Å². The molecular formula is C18H18ClN3O2. The van der Waals surface area contributed by atoms with Crippen molar-refractivity contribution < 1.29 is 9.15 Å². The van der Waals surface area contributed by atoms with Gasteiger partial charge in [0.2, 0.25) is 11.8 Å². The van der Waals surface area contributed by atoms with Crippen molar-refractivity contribution in [2.24, 2.45) is 0 Å². The number of benzene rings is 2. The molecule has 1 aromatic heterocycles. The average Bonchev–Trinajstić information content (AvgIpc) is 3.09. The van der Waals surface area contributed by atoms with Gasteiger partial charge in [-0.05, 0) is 54.9 Å². The summed E-state index contributed by atoms with van der Waals surface area (Å²) in [6.07, 6.45) is 0.913. The number of methoxy groups -OCH3 is 1. The zero-order chi connectivity index (χ0) is 16.8. The molecule has 0 saturated carbocycles. The minimum Gasteiger partial charge on any atom is -0.497 e. The van der Waals surface area contributed by atoms with Crippen molar-refractivity contribution in [1.29, 1.82) is 0 Å². The molecule has 0 radical (unpaired) electrons. The van der Waals surface area contributed by atoms with Crippen molar-refractivity contribution in [3.63, 3.8) is 0 Å². The normalized spacial score (nSPS) is 10.8. The number of hydrogen-bond acceptors (Lipinski definition) is 5. The molecule has 24 heavy (non-hydrogen) atoms. The van der Waals surface area contributed by atoms with Gasteiger partial charge in [0, 0.05) is 10.6 Å². The summed E-state index contributed by atoms with van der Waals surface area (Å²) < 4.78 is 10.8. The Balaban J connectivity index is 1.49. The quantitative estimate of drug-likeness (QED) is 0.662. The number of nitrogens with zero attached hydrogens (tertiary/aromatic N) is 2. The van der Waals surface area contributed by atoms with E-state index in [4.69, 9.17) is 20.8 Å². The van der Waals surface area contributed by atoms with Crippen molar-refractivity contribution in [2.45, 2.75) is 13.0 Å². The van der Waals surface area contributed by atoms with Crippen LogP contribution in [0.2, 0.25) is 5.02 Å². The third-order valence-corrected chi connectivity index (χ3v) is 3.84. The molecule has 1 N–H and O–H groups in total. The zero-order valence-electron chi connectivity index (χ0n) is 13.3. The number of halogens is 1. The Kier molecular flexibility index (Phi) is 5.46. The fraction of sp³-hybridized carbons (Fsp3) is 0.222. The maximum Gasteiger partial charge on any atom is 0.247 e. The van der Waals surface area contributed by atoms with Gasteiger partial charge in [-0.3, -0.25) is 0 Å². The summed E-state index contributed by atoms with van der Waals surface area (Å²) in [6.45, 7) is 1.36. The van der Waals surface area contributed by atoms with E-state index in [1.54, 1.807) is 7.11 Å². The first-order chi connectivity index (χ1) is 11.7. The van der Waals surface area contributed by atoms with Gasteiger partial charge in [-0.25, -0.2) is 0 Å². The van der Waals surface area contributed by atoms with Crippen molar-refractivity contribution in [1.82, 2.24) is 15.5 Å². The van der Waals surface area contributed by atoms with Crippen molar-refractivity contribution >= 4 is 11.6 Å². The lowest BCUT2D eigenvalue weighted by Crippen LogP contribution is -2.16. The van der Waals surface area contributed by atoms with Crippen LogP contribution in [0.4, 0.5) is 0 Å². The van der Waals surface area contributed by atoms with Gasteiger partial charge in [0.1, 0.15) is 5.75 Å². The molecule has 0 aliphatic rings. The minimum absolute atomic E-state index is 0.507. The molecule has 0 bridgehead atoms. The summed E-state index contributed by atoms with van der Waals surface area (Å²) in [4.78, 5) is 0. The van der Waals surface area contributed by atoms with E-state index in [0.29, 0.717) is 18.3 Å². The average molecular weight is 344 g/mol. The Bertz CT molecular complexity index is 770. The molecule has 0 atom stereocenters. The molecule has 5 nitrogen and oxygen atoms in total. The Labute approximate surface area is 145 Å². The molecule has 1 heterocycles. The van der Waals surface area contributed by atoms with Crippen LogP contribution in [0.1, 0.15) is 11.5 Å². The van der Waals surface area contributed by atoms with Crippen LogP contribution in [0.3, 0.4) is 0 Å². The number of nitrogens with one attached hydrogen (secondary N) is 1. The summed E-state index contributed by atoms with van der Waals surface area (Å²) >= 11 is 5.87. The third-order valence-electron chi connectivity index (χ3n) is 3.58. The lowest BCUT2D eigenvalue weighted by Gasteiger charge is -2.02. The first-order valence-corrected chi connectivity index (χ1v) is 8.04. The van der Waals surface area contributed by atoms with Gasteiger partial charge in [0.25, 0.3) is 0 Å². The van der Waals surface area contributed by atoms with Gasteiger partial charge in [0.05, 0.1) is 13.7 Å². The number of hydrogen-bond donors (Lipinski definition) is 1. The highest BCUT2D eigenvalue weighted by Crippen LogP contribution is 2.21. The molecule has 3 aromatic rings. The van der Waals surface area contributed by atoms with Crippen LogP contribution in [-0.4, -0.2) is 23.9 Å². The maximum atomic E-state index is 5.87. The fourth-order valence-electron chi connectivity index (χ4n) is 2.25. The Hall–Kier alpha value is -2.37. The van der Waals surface area contributed by atoms with Crippen molar-refractivity contribution in [3.05, 3.63) is 65.0 Å². The highest BCUT2D eigenvalue weighted by atomic mass is 35.5. The Morgan fingerprint density at radius 3 is 2.50 bits per heavy atom. The molecule has 0 spiro atoms. The molecule has 3 rings (SSSR count). The van der Waals surface area contributed by atoms with E-state index in [2.05, 4.69) is 15.5 Å². The summed E-state index contributed by atoms with van der Waals surface area (Å²) in [6, 6.07) is 15.4. The molecule has 6 heteroatoms. The second-order valence-electron chi connectivity index (χ2n) is 5.28. The summed E-state index contributed by atoms with van der Waals surface area (Å²) in [7, 11) is 1.63. The number of aromatic nitrogens is 2. The van der Waals surface area contributed by atoms with E-state index >= 15 is 0 Å².